The van der Waals surface area contributed by atoms with Crippen LogP contribution >= 0.6 is 0 Å². The zero-order chi connectivity index (χ0) is 22.8. The van der Waals surface area contributed by atoms with Gasteiger partial charge in [-0.2, -0.15) is 0 Å². The molecule has 4 aliphatic rings. The summed E-state index contributed by atoms with van der Waals surface area (Å²) in [5, 5.41) is 8.70. The fraction of sp³-hybridized carbons (Fsp3) is 0.963. The highest BCUT2D eigenvalue weighted by Gasteiger charge is 2.60. The van der Waals surface area contributed by atoms with Gasteiger partial charge >= 0.3 is 0 Å². The summed E-state index contributed by atoms with van der Waals surface area (Å²) in [5.41, 5.74) is 0.721. The first-order chi connectivity index (χ1) is 15.4. The van der Waals surface area contributed by atoms with Gasteiger partial charge < -0.3 is 19.3 Å². The van der Waals surface area contributed by atoms with Crippen LogP contribution in [-0.2, 0) is 19.0 Å². The first-order valence-electron chi connectivity index (χ1n) is 13.3. The Morgan fingerprint density at radius 1 is 0.844 bits per heavy atom. The molecule has 0 aromatic carbocycles. The van der Waals surface area contributed by atoms with Crippen LogP contribution in [0.2, 0.25) is 0 Å². The smallest absolute Gasteiger partial charge is 0.133 e. The number of carbonyl (C=O) groups excluding carboxylic acids is 1. The molecular weight excluding hydrogens is 404 g/mol. The van der Waals surface area contributed by atoms with Crippen molar-refractivity contribution >= 4 is 5.78 Å². The Balaban J connectivity index is 1.27. The molecule has 1 N–H and O–H groups in total. The van der Waals surface area contributed by atoms with Gasteiger partial charge in [0.2, 0.25) is 0 Å². The van der Waals surface area contributed by atoms with Crippen molar-refractivity contribution in [3.63, 3.8) is 0 Å². The maximum Gasteiger partial charge on any atom is 0.133 e. The topological polar surface area (TPSA) is 65.0 Å². The van der Waals surface area contributed by atoms with E-state index in [1.165, 1.54) is 51.4 Å². The van der Waals surface area contributed by atoms with Gasteiger partial charge in [0.25, 0.3) is 0 Å². The van der Waals surface area contributed by atoms with Crippen molar-refractivity contribution in [3.8, 4) is 0 Å². The van der Waals surface area contributed by atoms with Gasteiger partial charge in [-0.25, -0.2) is 0 Å². The number of ether oxygens (including phenoxy) is 3. The molecule has 5 heteroatoms. The van der Waals surface area contributed by atoms with E-state index in [1.54, 1.807) is 0 Å². The lowest BCUT2D eigenvalue weighted by Crippen LogP contribution is -2.54. The van der Waals surface area contributed by atoms with Crippen molar-refractivity contribution in [1.82, 2.24) is 0 Å². The van der Waals surface area contributed by atoms with Crippen LogP contribution in [-0.4, -0.2) is 56.6 Å². The van der Waals surface area contributed by atoms with E-state index in [2.05, 4.69) is 13.8 Å². The highest BCUT2D eigenvalue weighted by Crippen LogP contribution is 2.67. The molecule has 0 aromatic rings. The molecule has 0 amide bonds. The first-order valence-corrected chi connectivity index (χ1v) is 13.3. The van der Waals surface area contributed by atoms with Crippen LogP contribution in [0.5, 0.6) is 0 Å². The molecule has 8 atom stereocenters. The molecule has 0 aliphatic heterocycles. The average Bonchev–Trinajstić information content (AvgIpc) is 3.13. The molecule has 0 unspecified atom stereocenters. The molecular formula is C27H46O5. The molecule has 0 bridgehead atoms. The van der Waals surface area contributed by atoms with Gasteiger partial charge in [0, 0.05) is 5.92 Å². The average molecular weight is 451 g/mol. The summed E-state index contributed by atoms with van der Waals surface area (Å²) in [7, 11) is 0. The van der Waals surface area contributed by atoms with E-state index in [9.17, 15) is 4.79 Å². The second-order valence-electron chi connectivity index (χ2n) is 11.7. The molecule has 184 valence electrons. The Morgan fingerprint density at radius 2 is 1.53 bits per heavy atom. The zero-order valence-electron chi connectivity index (χ0n) is 20.7. The van der Waals surface area contributed by atoms with Crippen LogP contribution in [0.25, 0.3) is 0 Å². The largest absolute Gasteiger partial charge is 0.394 e. The lowest BCUT2D eigenvalue weighted by Gasteiger charge is -2.61. The number of aliphatic hydroxyl groups excluding tert-OH is 1. The summed E-state index contributed by atoms with van der Waals surface area (Å²) in [4.78, 5) is 12.3. The first kappa shape index (κ1) is 24.6. The molecule has 4 aliphatic carbocycles. The van der Waals surface area contributed by atoms with E-state index in [4.69, 9.17) is 19.3 Å². The molecule has 0 heterocycles. The van der Waals surface area contributed by atoms with Crippen LogP contribution < -0.4 is 0 Å². The third-order valence-corrected chi connectivity index (χ3v) is 10.3. The highest BCUT2D eigenvalue weighted by molar-refractivity contribution is 5.79. The fourth-order valence-electron chi connectivity index (χ4n) is 8.70. The maximum absolute atomic E-state index is 12.3. The normalized spacial score (nSPS) is 43.4. The number of ketones is 1. The van der Waals surface area contributed by atoms with Gasteiger partial charge in [-0.1, -0.05) is 13.8 Å². The molecule has 0 spiro atoms. The number of fused-ring (bicyclic) bond motifs is 5. The molecule has 5 nitrogen and oxygen atoms in total. The summed E-state index contributed by atoms with van der Waals surface area (Å²) < 4.78 is 17.0. The predicted molar refractivity (Wildman–Crippen MR) is 124 cm³/mol. The van der Waals surface area contributed by atoms with E-state index in [0.717, 1.165) is 30.1 Å². The van der Waals surface area contributed by atoms with Gasteiger partial charge in [-0.3, -0.25) is 4.79 Å². The molecule has 0 radical (unpaired) electrons. The van der Waals surface area contributed by atoms with Gasteiger partial charge in [0.1, 0.15) is 5.78 Å². The number of Topliss-reactive ketones (excluding diaryl/α,β-unsaturated/α-hetero) is 1. The number of hydrogen-bond acceptors (Lipinski definition) is 5. The van der Waals surface area contributed by atoms with Gasteiger partial charge in [0.05, 0.1) is 45.7 Å². The van der Waals surface area contributed by atoms with Crippen LogP contribution in [0.15, 0.2) is 0 Å². The number of carbonyl (C=O) groups is 1. The summed E-state index contributed by atoms with van der Waals surface area (Å²) in [6, 6.07) is 0. The van der Waals surface area contributed by atoms with Crippen LogP contribution in [0.1, 0.15) is 78.6 Å². The lowest BCUT2D eigenvalue weighted by molar-refractivity contribution is -0.143. The summed E-state index contributed by atoms with van der Waals surface area (Å²) in [6.45, 7) is 9.68. The molecule has 4 saturated carbocycles. The quantitative estimate of drug-likeness (QED) is 0.491. The molecule has 4 fully saturated rings. The zero-order valence-corrected chi connectivity index (χ0v) is 20.7. The van der Waals surface area contributed by atoms with E-state index in [-0.39, 0.29) is 12.0 Å². The minimum absolute atomic E-state index is 0.0609. The van der Waals surface area contributed by atoms with Gasteiger partial charge in [-0.15, -0.1) is 0 Å². The number of aliphatic hydroxyl groups is 1. The number of rotatable bonds is 10. The minimum atomic E-state index is 0.0609. The van der Waals surface area contributed by atoms with E-state index in [0.29, 0.717) is 56.3 Å². The Kier molecular flexibility index (Phi) is 8.02. The third kappa shape index (κ3) is 4.69. The van der Waals surface area contributed by atoms with Crippen LogP contribution in [0, 0.1) is 40.4 Å². The van der Waals surface area contributed by atoms with Gasteiger partial charge in [0.15, 0.2) is 0 Å². The van der Waals surface area contributed by atoms with Gasteiger partial charge in [-0.05, 0) is 99.2 Å². The minimum Gasteiger partial charge on any atom is -0.394 e. The van der Waals surface area contributed by atoms with Crippen molar-refractivity contribution in [2.24, 2.45) is 40.4 Å². The third-order valence-electron chi connectivity index (χ3n) is 10.3. The second kappa shape index (κ2) is 10.4. The fourth-order valence-corrected chi connectivity index (χ4v) is 8.70. The van der Waals surface area contributed by atoms with Crippen molar-refractivity contribution in [3.05, 3.63) is 0 Å². The molecule has 0 aromatic heterocycles. The van der Waals surface area contributed by atoms with Crippen molar-refractivity contribution < 1.29 is 24.1 Å². The Hall–Kier alpha value is -0.490. The van der Waals surface area contributed by atoms with Crippen molar-refractivity contribution in [2.75, 3.05) is 39.6 Å². The monoisotopic (exact) mass is 450 g/mol. The lowest BCUT2D eigenvalue weighted by atomic mass is 9.44. The summed E-state index contributed by atoms with van der Waals surface area (Å²) in [6.07, 6.45) is 11.7. The number of hydrogen-bond donors (Lipinski definition) is 1. The van der Waals surface area contributed by atoms with Crippen molar-refractivity contribution in [2.45, 2.75) is 84.7 Å². The summed E-state index contributed by atoms with van der Waals surface area (Å²) >= 11 is 0. The standard InChI is InChI=1S/C27H46O5/c1-19(29)23-6-7-24-22-5-4-20-18-21(32-17-16-31-15-14-30-13-12-28)8-10-26(20,2)25(22)9-11-27(23,24)3/h20-25,28H,4-18H2,1-3H3/t20-,21-,22-,23+,24-,25-,26-,27+/m0/s1. The Morgan fingerprint density at radius 3 is 2.28 bits per heavy atom. The summed E-state index contributed by atoms with van der Waals surface area (Å²) in [5.74, 6) is 3.97. The molecule has 0 saturated heterocycles. The van der Waals surface area contributed by atoms with Crippen molar-refractivity contribution in [1.29, 1.82) is 0 Å². The van der Waals surface area contributed by atoms with Crippen LogP contribution in [0.3, 0.4) is 0 Å². The molecule has 4 rings (SSSR count). The SMILES string of the molecule is CC(=O)[C@H]1CC[C@H]2[C@@H]3CC[C@H]4C[C@@H](OCCOCCOCCO)CC[C@]4(C)[C@H]3CC[C@]12C. The van der Waals surface area contributed by atoms with E-state index < -0.39 is 0 Å². The van der Waals surface area contributed by atoms with Crippen LogP contribution in [0.4, 0.5) is 0 Å². The maximum atomic E-state index is 12.3. The Bertz CT molecular complexity index is 638. The highest BCUT2D eigenvalue weighted by atomic mass is 16.5. The molecule has 32 heavy (non-hydrogen) atoms. The second-order valence-corrected chi connectivity index (χ2v) is 11.7. The predicted octanol–water partition coefficient (Wildman–Crippen LogP) is 4.65. The van der Waals surface area contributed by atoms with E-state index >= 15 is 0 Å². The Labute approximate surface area is 195 Å². The van der Waals surface area contributed by atoms with E-state index in [1.807, 2.05) is 6.92 Å².